The van der Waals surface area contributed by atoms with Crippen molar-refractivity contribution in [1.29, 1.82) is 0 Å². The highest BCUT2D eigenvalue weighted by molar-refractivity contribution is 7.99. The molecule has 2 rings (SSSR count). The van der Waals surface area contributed by atoms with Gasteiger partial charge in [-0.15, -0.1) is 0 Å². The lowest BCUT2D eigenvalue weighted by Gasteiger charge is -2.10. The van der Waals surface area contributed by atoms with Crippen LogP contribution in [0.2, 0.25) is 0 Å². The number of nitrogens with zero attached hydrogens (tertiary/aromatic N) is 4. The number of rotatable bonds is 10. The summed E-state index contributed by atoms with van der Waals surface area (Å²) in [4.78, 5) is 20.6. The van der Waals surface area contributed by atoms with E-state index in [1.807, 2.05) is 0 Å². The Morgan fingerprint density at radius 2 is 2.15 bits per heavy atom. The van der Waals surface area contributed by atoms with Crippen molar-refractivity contribution in [3.05, 3.63) is 6.20 Å². The summed E-state index contributed by atoms with van der Waals surface area (Å²) in [5.41, 5.74) is 0.730. The van der Waals surface area contributed by atoms with Crippen LogP contribution in [0.5, 0.6) is 0 Å². The quantitative estimate of drug-likeness (QED) is 0.366. The number of thioether (sulfide) groups is 1. The van der Waals surface area contributed by atoms with Crippen LogP contribution in [0.3, 0.4) is 0 Å². The Bertz CT molecular complexity index is 721. The van der Waals surface area contributed by atoms with Gasteiger partial charge in [0.25, 0.3) is 0 Å². The van der Waals surface area contributed by atoms with Gasteiger partial charge in [0, 0.05) is 25.4 Å². The first-order valence-corrected chi connectivity index (χ1v) is 9.46. The highest BCUT2D eigenvalue weighted by atomic mass is 32.2. The minimum atomic E-state index is -0.434. The fourth-order valence-corrected chi connectivity index (χ4v) is 2.92. The molecule has 2 N–H and O–H groups in total. The largest absolute Gasteiger partial charge is 0.450 e. The third-order valence-electron chi connectivity index (χ3n) is 3.28. The summed E-state index contributed by atoms with van der Waals surface area (Å²) in [6.45, 7) is 8.41. The van der Waals surface area contributed by atoms with Crippen molar-refractivity contribution in [1.82, 2.24) is 25.1 Å². The molecule has 2 aromatic heterocycles. The van der Waals surface area contributed by atoms with Gasteiger partial charge in [0.05, 0.1) is 31.3 Å². The van der Waals surface area contributed by atoms with E-state index in [1.54, 1.807) is 36.7 Å². The van der Waals surface area contributed by atoms with Gasteiger partial charge in [0.2, 0.25) is 0 Å². The highest BCUT2D eigenvalue weighted by Crippen LogP contribution is 2.26. The van der Waals surface area contributed by atoms with Crippen LogP contribution in [0.4, 0.5) is 10.6 Å². The number of carbonyl (C=O) groups excluding carboxylic acids is 1. The summed E-state index contributed by atoms with van der Waals surface area (Å²) >= 11 is 1.59. The average Bonchev–Trinajstić information content (AvgIpc) is 2.98. The van der Waals surface area contributed by atoms with Gasteiger partial charge in [-0.2, -0.15) is 5.10 Å². The fraction of sp³-hybridized carbons (Fsp3) is 0.625. The van der Waals surface area contributed by atoms with E-state index in [-0.39, 0.29) is 0 Å². The molecule has 0 aliphatic rings. The molecular formula is C16H26N6O3S. The van der Waals surface area contributed by atoms with Crippen LogP contribution in [0.25, 0.3) is 11.0 Å². The van der Waals surface area contributed by atoms with E-state index in [2.05, 4.69) is 39.5 Å². The average molecular weight is 382 g/mol. The van der Waals surface area contributed by atoms with Crippen molar-refractivity contribution in [3.63, 3.8) is 0 Å². The molecule has 1 amide bonds. The molecule has 0 atom stereocenters. The molecule has 0 fully saturated rings. The number of alkyl carbamates (subject to hydrolysis) is 1. The van der Waals surface area contributed by atoms with Crippen molar-refractivity contribution in [2.45, 2.75) is 37.7 Å². The molecule has 10 heteroatoms. The smallest absolute Gasteiger partial charge is 0.407 e. The molecule has 0 radical (unpaired) electrons. The molecule has 0 saturated heterocycles. The molecular weight excluding hydrogens is 356 g/mol. The van der Waals surface area contributed by atoms with E-state index in [0.29, 0.717) is 43.3 Å². The monoisotopic (exact) mass is 382 g/mol. The summed E-state index contributed by atoms with van der Waals surface area (Å²) in [5.74, 6) is 0.736. The van der Waals surface area contributed by atoms with Crippen LogP contribution >= 0.6 is 11.8 Å². The maximum absolute atomic E-state index is 11.4. The lowest BCUT2D eigenvalue weighted by Crippen LogP contribution is -2.28. The Kier molecular flexibility index (Phi) is 7.92. The van der Waals surface area contributed by atoms with Gasteiger partial charge in [0.1, 0.15) is 5.82 Å². The lowest BCUT2D eigenvalue weighted by atomic mass is 10.4. The maximum Gasteiger partial charge on any atom is 0.407 e. The first kappa shape index (κ1) is 20.2. The van der Waals surface area contributed by atoms with Crippen molar-refractivity contribution >= 4 is 34.7 Å². The number of ether oxygens (including phenoxy) is 2. The Balaban J connectivity index is 2.19. The number of hydrogen-bond acceptors (Lipinski definition) is 8. The first-order valence-electron chi connectivity index (χ1n) is 8.58. The van der Waals surface area contributed by atoms with Gasteiger partial charge >= 0.3 is 6.09 Å². The summed E-state index contributed by atoms with van der Waals surface area (Å²) in [5, 5.41) is 12.2. The molecule has 9 nitrogen and oxygen atoms in total. The maximum atomic E-state index is 11.4. The minimum Gasteiger partial charge on any atom is -0.450 e. The van der Waals surface area contributed by atoms with Gasteiger partial charge in [0.15, 0.2) is 10.8 Å². The summed E-state index contributed by atoms with van der Waals surface area (Å²) < 4.78 is 11.7. The second-order valence-corrected chi connectivity index (χ2v) is 7.24. The number of methoxy groups -OCH3 is 1. The van der Waals surface area contributed by atoms with Crippen molar-refractivity contribution in [2.24, 2.45) is 0 Å². The van der Waals surface area contributed by atoms with Gasteiger partial charge in [-0.05, 0) is 6.92 Å². The zero-order valence-corrected chi connectivity index (χ0v) is 16.4. The number of anilines is 1. The SMILES string of the molecule is CCOC(=O)NCCn1ncc2c(NCCOC)nc(SC(C)C)nc21. The van der Waals surface area contributed by atoms with Gasteiger partial charge < -0.3 is 20.1 Å². The molecule has 0 aliphatic carbocycles. The number of amides is 1. The zero-order chi connectivity index (χ0) is 18.9. The molecule has 0 saturated carbocycles. The highest BCUT2D eigenvalue weighted by Gasteiger charge is 2.14. The molecule has 26 heavy (non-hydrogen) atoms. The Labute approximate surface area is 157 Å². The second kappa shape index (κ2) is 10.2. The standard InChI is InChI=1S/C16H26N6O3S/c1-5-25-16(23)18-6-8-22-14-12(10-19-22)13(17-7-9-24-4)20-15(21-14)26-11(2)3/h10-11H,5-9H2,1-4H3,(H,18,23)(H,17,20,21). The van der Waals surface area contributed by atoms with Crippen LogP contribution in [0.1, 0.15) is 20.8 Å². The van der Waals surface area contributed by atoms with E-state index >= 15 is 0 Å². The van der Waals surface area contributed by atoms with Crippen LogP contribution < -0.4 is 10.6 Å². The minimum absolute atomic E-state index is 0.343. The topological polar surface area (TPSA) is 103 Å². The van der Waals surface area contributed by atoms with E-state index < -0.39 is 6.09 Å². The molecule has 0 bridgehead atoms. The first-order chi connectivity index (χ1) is 12.5. The van der Waals surface area contributed by atoms with Crippen molar-refractivity contribution < 1.29 is 14.3 Å². The van der Waals surface area contributed by atoms with Crippen LogP contribution in [-0.2, 0) is 16.0 Å². The zero-order valence-electron chi connectivity index (χ0n) is 15.6. The fourth-order valence-electron chi connectivity index (χ4n) is 2.21. The molecule has 2 aromatic rings. The molecule has 0 unspecified atom stereocenters. The molecule has 144 valence electrons. The number of nitrogens with one attached hydrogen (secondary N) is 2. The summed E-state index contributed by atoms with van der Waals surface area (Å²) in [7, 11) is 1.66. The molecule has 0 aromatic carbocycles. The van der Waals surface area contributed by atoms with E-state index in [9.17, 15) is 4.79 Å². The normalized spacial score (nSPS) is 11.1. The van der Waals surface area contributed by atoms with E-state index in [4.69, 9.17) is 9.47 Å². The number of hydrogen-bond donors (Lipinski definition) is 2. The van der Waals surface area contributed by atoms with Gasteiger partial charge in [-0.1, -0.05) is 25.6 Å². The van der Waals surface area contributed by atoms with Crippen LogP contribution in [0, 0.1) is 0 Å². The lowest BCUT2D eigenvalue weighted by molar-refractivity contribution is 0.152. The van der Waals surface area contributed by atoms with Gasteiger partial charge in [-0.25, -0.2) is 19.4 Å². The van der Waals surface area contributed by atoms with Crippen LogP contribution in [0.15, 0.2) is 11.4 Å². The number of aromatic nitrogens is 4. The third-order valence-corrected chi connectivity index (χ3v) is 4.15. The van der Waals surface area contributed by atoms with Crippen molar-refractivity contribution in [3.8, 4) is 0 Å². The second-order valence-electron chi connectivity index (χ2n) is 5.69. The summed E-state index contributed by atoms with van der Waals surface area (Å²) in [6.07, 6.45) is 1.30. The number of fused-ring (bicyclic) bond motifs is 1. The molecule has 2 heterocycles. The van der Waals surface area contributed by atoms with Crippen LogP contribution in [-0.4, -0.2) is 64.5 Å². The predicted molar refractivity (Wildman–Crippen MR) is 102 cm³/mol. The van der Waals surface area contributed by atoms with E-state index in [0.717, 1.165) is 16.9 Å². The number of carbonyl (C=O) groups is 1. The Morgan fingerprint density at radius 3 is 2.85 bits per heavy atom. The Morgan fingerprint density at radius 1 is 1.35 bits per heavy atom. The van der Waals surface area contributed by atoms with Gasteiger partial charge in [-0.3, -0.25) is 0 Å². The third kappa shape index (κ3) is 5.73. The summed E-state index contributed by atoms with van der Waals surface area (Å²) in [6, 6.07) is 0. The predicted octanol–water partition coefficient (Wildman–Crippen LogP) is 2.13. The molecule has 0 aliphatic heterocycles. The van der Waals surface area contributed by atoms with E-state index in [1.165, 1.54) is 0 Å². The Hall–Kier alpha value is -2.07. The van der Waals surface area contributed by atoms with Crippen molar-refractivity contribution in [2.75, 3.05) is 38.7 Å². The molecule has 0 spiro atoms.